The largest absolute Gasteiger partial charge is 0.396 e. The summed E-state index contributed by atoms with van der Waals surface area (Å²) in [6.07, 6.45) is 10.7. The Balaban J connectivity index is 1.82. The number of aliphatic hydroxyl groups is 1. The number of nitrogens with one attached hydrogen (secondary N) is 1. The summed E-state index contributed by atoms with van der Waals surface area (Å²) in [5.74, 6) is 0. The van der Waals surface area contributed by atoms with Gasteiger partial charge in [-0.1, -0.05) is 33.1 Å². The van der Waals surface area contributed by atoms with Crippen LogP contribution in [0.1, 0.15) is 70.5 Å². The maximum atomic E-state index is 9.59. The lowest BCUT2D eigenvalue weighted by atomic mass is 9.83. The average Bonchev–Trinajstić information content (AvgIpc) is 3.02. The van der Waals surface area contributed by atoms with Crippen LogP contribution in [0.5, 0.6) is 0 Å². The van der Waals surface area contributed by atoms with Crippen LogP contribution in [0.4, 0.5) is 0 Å². The first-order valence-electron chi connectivity index (χ1n) is 8.58. The Kier molecular flexibility index (Phi) is 6.24. The van der Waals surface area contributed by atoms with Crippen LogP contribution in [-0.4, -0.2) is 28.0 Å². The molecule has 0 aliphatic heterocycles. The summed E-state index contributed by atoms with van der Waals surface area (Å²) < 4.78 is 2.16. The van der Waals surface area contributed by atoms with Gasteiger partial charge in [-0.25, -0.2) is 0 Å². The van der Waals surface area contributed by atoms with E-state index in [4.69, 9.17) is 5.10 Å². The first-order valence-corrected chi connectivity index (χ1v) is 8.58. The molecule has 21 heavy (non-hydrogen) atoms. The number of aliphatic hydroxyl groups excluding tert-OH is 1. The molecule has 2 N–H and O–H groups in total. The predicted octanol–water partition coefficient (Wildman–Crippen LogP) is 3.28. The Bertz CT molecular complexity index is 398. The van der Waals surface area contributed by atoms with Gasteiger partial charge in [0, 0.05) is 31.3 Å². The fourth-order valence-electron chi connectivity index (χ4n) is 3.26. The van der Waals surface area contributed by atoms with Crippen molar-refractivity contribution >= 4 is 0 Å². The first-order chi connectivity index (χ1) is 10.2. The zero-order chi connectivity index (χ0) is 15.1. The molecule has 0 bridgehead atoms. The van der Waals surface area contributed by atoms with Crippen molar-refractivity contribution in [2.45, 2.75) is 71.4 Å². The quantitative estimate of drug-likeness (QED) is 0.773. The lowest BCUT2D eigenvalue weighted by Crippen LogP contribution is -2.36. The van der Waals surface area contributed by atoms with Crippen molar-refractivity contribution in [3.63, 3.8) is 0 Å². The molecule has 0 aromatic carbocycles. The second-order valence-corrected chi connectivity index (χ2v) is 6.55. The number of nitrogens with zero attached hydrogens (tertiary/aromatic N) is 2. The van der Waals surface area contributed by atoms with Gasteiger partial charge >= 0.3 is 0 Å². The van der Waals surface area contributed by atoms with Gasteiger partial charge < -0.3 is 10.4 Å². The standard InChI is InChI=1S/C17H31N3O/c1-3-17(4-2,14-21)13-18-12-15-10-11-20(19-15)16-8-6-5-7-9-16/h10-11,16,18,21H,3-9,12-14H2,1-2H3. The lowest BCUT2D eigenvalue weighted by molar-refractivity contribution is 0.113. The van der Waals surface area contributed by atoms with Crippen LogP contribution in [0.25, 0.3) is 0 Å². The summed E-state index contributed by atoms with van der Waals surface area (Å²) in [7, 11) is 0. The normalized spacial score (nSPS) is 17.3. The molecule has 4 nitrogen and oxygen atoms in total. The van der Waals surface area contributed by atoms with E-state index in [1.54, 1.807) is 0 Å². The number of aromatic nitrogens is 2. The topological polar surface area (TPSA) is 50.1 Å². The minimum Gasteiger partial charge on any atom is -0.396 e. The van der Waals surface area contributed by atoms with Crippen LogP contribution in [0, 0.1) is 5.41 Å². The molecule has 1 aliphatic carbocycles. The third-order valence-electron chi connectivity index (χ3n) is 5.25. The Morgan fingerprint density at radius 1 is 1.29 bits per heavy atom. The Morgan fingerprint density at radius 2 is 2.00 bits per heavy atom. The molecule has 0 atom stereocenters. The second kappa shape index (κ2) is 7.95. The third-order valence-corrected chi connectivity index (χ3v) is 5.25. The summed E-state index contributed by atoms with van der Waals surface area (Å²) >= 11 is 0. The van der Waals surface area contributed by atoms with Gasteiger partial charge in [-0.3, -0.25) is 4.68 Å². The molecule has 0 saturated heterocycles. The minimum atomic E-state index is 0.0198. The average molecular weight is 293 g/mol. The molecule has 0 unspecified atom stereocenters. The van der Waals surface area contributed by atoms with Gasteiger partial charge in [0.15, 0.2) is 0 Å². The van der Waals surface area contributed by atoms with Gasteiger partial charge in [-0.15, -0.1) is 0 Å². The Hall–Kier alpha value is -0.870. The van der Waals surface area contributed by atoms with E-state index in [0.717, 1.165) is 31.6 Å². The fraction of sp³-hybridized carbons (Fsp3) is 0.824. The summed E-state index contributed by atoms with van der Waals surface area (Å²) in [4.78, 5) is 0. The minimum absolute atomic E-state index is 0.0198. The first kappa shape index (κ1) is 16.5. The molecule has 120 valence electrons. The SMILES string of the molecule is CCC(CC)(CO)CNCc1ccn(C2CCCCC2)n1. The molecule has 1 aromatic heterocycles. The monoisotopic (exact) mass is 293 g/mol. The maximum Gasteiger partial charge on any atom is 0.0762 e. The molecular formula is C17H31N3O. The van der Waals surface area contributed by atoms with Gasteiger partial charge in [-0.05, 0) is 31.7 Å². The van der Waals surface area contributed by atoms with Crippen molar-refractivity contribution in [3.8, 4) is 0 Å². The van der Waals surface area contributed by atoms with Crippen molar-refractivity contribution in [2.24, 2.45) is 5.41 Å². The van der Waals surface area contributed by atoms with E-state index in [2.05, 4.69) is 36.1 Å². The fourth-order valence-corrected chi connectivity index (χ4v) is 3.26. The van der Waals surface area contributed by atoms with E-state index < -0.39 is 0 Å². The predicted molar refractivity (Wildman–Crippen MR) is 86.2 cm³/mol. The molecular weight excluding hydrogens is 262 g/mol. The summed E-state index contributed by atoms with van der Waals surface area (Å²) in [6.45, 7) is 6.20. The van der Waals surface area contributed by atoms with E-state index >= 15 is 0 Å². The van der Waals surface area contributed by atoms with Crippen molar-refractivity contribution in [1.29, 1.82) is 0 Å². The zero-order valence-corrected chi connectivity index (χ0v) is 13.6. The van der Waals surface area contributed by atoms with Gasteiger partial charge in [0.05, 0.1) is 11.7 Å². The lowest BCUT2D eigenvalue weighted by Gasteiger charge is -2.29. The summed E-state index contributed by atoms with van der Waals surface area (Å²) in [5.41, 5.74) is 1.13. The van der Waals surface area contributed by atoms with Gasteiger partial charge in [0.2, 0.25) is 0 Å². The molecule has 1 aromatic rings. The molecule has 0 amide bonds. The van der Waals surface area contributed by atoms with Crippen molar-refractivity contribution < 1.29 is 5.11 Å². The molecule has 0 spiro atoms. The van der Waals surface area contributed by atoms with Gasteiger partial charge in [0.1, 0.15) is 0 Å². The van der Waals surface area contributed by atoms with Crippen molar-refractivity contribution in [2.75, 3.05) is 13.2 Å². The number of hydrogen-bond acceptors (Lipinski definition) is 3. The highest BCUT2D eigenvalue weighted by molar-refractivity contribution is 5.00. The van der Waals surface area contributed by atoms with E-state index in [0.29, 0.717) is 6.04 Å². The summed E-state index contributed by atoms with van der Waals surface area (Å²) in [6, 6.07) is 2.73. The van der Waals surface area contributed by atoms with Gasteiger partial charge in [0.25, 0.3) is 0 Å². The van der Waals surface area contributed by atoms with Crippen LogP contribution in [-0.2, 0) is 6.54 Å². The van der Waals surface area contributed by atoms with Gasteiger partial charge in [-0.2, -0.15) is 5.10 Å². The van der Waals surface area contributed by atoms with Crippen LogP contribution >= 0.6 is 0 Å². The molecule has 0 radical (unpaired) electrons. The maximum absolute atomic E-state index is 9.59. The number of rotatable bonds is 8. The van der Waals surface area contributed by atoms with Crippen LogP contribution in [0.3, 0.4) is 0 Å². The Labute approximate surface area is 128 Å². The van der Waals surface area contributed by atoms with E-state index in [1.807, 2.05) is 0 Å². The second-order valence-electron chi connectivity index (χ2n) is 6.55. The van der Waals surface area contributed by atoms with Crippen LogP contribution in [0.15, 0.2) is 12.3 Å². The number of hydrogen-bond donors (Lipinski definition) is 2. The molecule has 1 saturated carbocycles. The van der Waals surface area contributed by atoms with E-state index in [1.165, 1.54) is 32.1 Å². The smallest absolute Gasteiger partial charge is 0.0762 e. The van der Waals surface area contributed by atoms with Crippen molar-refractivity contribution in [3.05, 3.63) is 18.0 Å². The van der Waals surface area contributed by atoms with Crippen LogP contribution < -0.4 is 5.32 Å². The summed E-state index contributed by atoms with van der Waals surface area (Å²) in [5, 5.41) is 17.8. The zero-order valence-electron chi connectivity index (χ0n) is 13.6. The molecule has 2 rings (SSSR count). The van der Waals surface area contributed by atoms with E-state index in [-0.39, 0.29) is 12.0 Å². The molecule has 1 fully saturated rings. The molecule has 1 aliphatic rings. The highest BCUT2D eigenvalue weighted by Gasteiger charge is 2.24. The molecule has 4 heteroatoms. The molecule has 1 heterocycles. The third kappa shape index (κ3) is 4.30. The van der Waals surface area contributed by atoms with Crippen molar-refractivity contribution in [1.82, 2.24) is 15.1 Å². The van der Waals surface area contributed by atoms with Crippen LogP contribution in [0.2, 0.25) is 0 Å². The highest BCUT2D eigenvalue weighted by atomic mass is 16.3. The highest BCUT2D eigenvalue weighted by Crippen LogP contribution is 2.27. The Morgan fingerprint density at radius 3 is 2.62 bits per heavy atom. The van der Waals surface area contributed by atoms with E-state index in [9.17, 15) is 5.11 Å².